The highest BCUT2D eigenvalue weighted by atomic mass is 32.2. The molecule has 2 aromatic rings. The van der Waals surface area contributed by atoms with E-state index in [0.717, 1.165) is 32.1 Å². The fourth-order valence-electron chi connectivity index (χ4n) is 8.46. The second-order valence-electron chi connectivity index (χ2n) is 14.2. The Morgan fingerprint density at radius 3 is 2.71 bits per heavy atom. The van der Waals surface area contributed by atoms with Crippen LogP contribution < -0.4 is 10.0 Å². The third-order valence-corrected chi connectivity index (χ3v) is 13.7. The first kappa shape index (κ1) is 31.8. The Morgan fingerprint density at radius 2 is 2.00 bits per heavy atom. The van der Waals surface area contributed by atoms with Gasteiger partial charge in [0.05, 0.1) is 23.5 Å². The van der Waals surface area contributed by atoms with E-state index in [1.165, 1.54) is 17.4 Å². The number of urea groups is 1. The number of thiazole rings is 1. The van der Waals surface area contributed by atoms with E-state index in [9.17, 15) is 22.4 Å². The minimum Gasteiger partial charge on any atom is -0.463 e. The molecule has 1 aromatic carbocycles. The molecule has 4 aliphatic carbocycles. The van der Waals surface area contributed by atoms with Crippen molar-refractivity contribution in [2.45, 2.75) is 68.8 Å². The van der Waals surface area contributed by atoms with Crippen molar-refractivity contribution in [1.82, 2.24) is 29.7 Å². The molecule has 0 spiro atoms. The smallest absolute Gasteiger partial charge is 0.338 e. The van der Waals surface area contributed by atoms with Gasteiger partial charge in [-0.25, -0.2) is 32.1 Å². The first-order valence-corrected chi connectivity index (χ1v) is 19.1. The van der Waals surface area contributed by atoms with Crippen LogP contribution in [0.1, 0.15) is 61.2 Å². The molecular formula is C33H40FN7O5S2. The van der Waals surface area contributed by atoms with Crippen LogP contribution in [0.25, 0.3) is 0 Å². The molecule has 2 amide bonds. The van der Waals surface area contributed by atoms with Crippen LogP contribution in [-0.2, 0) is 19.6 Å². The zero-order valence-corrected chi connectivity index (χ0v) is 28.7. The molecule has 7 aliphatic rings. The first-order valence-electron chi connectivity index (χ1n) is 16.7. The lowest BCUT2D eigenvalue weighted by Crippen LogP contribution is -2.77. The summed E-state index contributed by atoms with van der Waals surface area (Å²) in [5.74, 6) is -0.365. The zero-order chi connectivity index (χ0) is 33.4. The number of esters is 1. The number of aliphatic imine (C=N–C) groups is 1. The predicted octanol–water partition coefficient (Wildman–Crippen LogP) is 2.93. The number of hydrogen-bond acceptors (Lipinski definition) is 10. The molecule has 4 saturated carbocycles. The Bertz CT molecular complexity index is 1810. The van der Waals surface area contributed by atoms with Gasteiger partial charge in [0, 0.05) is 62.1 Å². The van der Waals surface area contributed by atoms with Crippen molar-refractivity contribution in [3.8, 4) is 0 Å². The number of amides is 2. The number of fused-ring (bicyclic) bond motifs is 1. The minimum atomic E-state index is -3.22. The van der Waals surface area contributed by atoms with Crippen molar-refractivity contribution in [1.29, 1.82) is 0 Å². The molecule has 2 N–H and O–H groups in total. The van der Waals surface area contributed by atoms with Crippen LogP contribution in [-0.4, -0.2) is 109 Å². The number of hydrogen-bond donors (Lipinski definition) is 2. The lowest BCUT2D eigenvalue weighted by Gasteiger charge is -2.73. The van der Waals surface area contributed by atoms with Gasteiger partial charge >= 0.3 is 12.0 Å². The maximum absolute atomic E-state index is 14.8. The van der Waals surface area contributed by atoms with Gasteiger partial charge in [0.2, 0.25) is 10.0 Å². The summed E-state index contributed by atoms with van der Waals surface area (Å²) in [6.07, 6.45) is 5.69. The van der Waals surface area contributed by atoms with E-state index in [2.05, 4.69) is 19.9 Å². The second kappa shape index (κ2) is 11.6. The number of amidine groups is 1. The Labute approximate surface area is 283 Å². The number of halogens is 1. The molecule has 0 unspecified atom stereocenters. The number of rotatable bonds is 11. The van der Waals surface area contributed by atoms with Crippen LogP contribution in [0.4, 0.5) is 9.18 Å². The van der Waals surface area contributed by atoms with Crippen LogP contribution >= 0.6 is 11.3 Å². The molecule has 12 nitrogen and oxygen atoms in total. The first-order chi connectivity index (χ1) is 23.0. The Hall–Kier alpha value is -3.40. The summed E-state index contributed by atoms with van der Waals surface area (Å²) < 4.78 is 47.9. The summed E-state index contributed by atoms with van der Waals surface area (Å²) in [4.78, 5) is 42.9. The van der Waals surface area contributed by atoms with Gasteiger partial charge in [-0.1, -0.05) is 12.1 Å². The monoisotopic (exact) mass is 697 g/mol. The molecule has 1 aromatic heterocycles. The van der Waals surface area contributed by atoms with Crippen molar-refractivity contribution < 1.29 is 27.1 Å². The fraction of sp³-hybridized carbons (Fsp3) is 0.576. The number of ether oxygens (including phenoxy) is 1. The highest BCUT2D eigenvalue weighted by Crippen LogP contribution is 2.70. The third kappa shape index (κ3) is 5.33. The lowest BCUT2D eigenvalue weighted by molar-refractivity contribution is -0.194. The molecule has 256 valence electrons. The van der Waals surface area contributed by atoms with Crippen molar-refractivity contribution >= 4 is 39.2 Å². The summed E-state index contributed by atoms with van der Waals surface area (Å²) in [5.41, 5.74) is 1.77. The maximum atomic E-state index is 14.8. The third-order valence-electron chi connectivity index (χ3n) is 11.0. The number of nitrogens with zero attached hydrogens (tertiary/aromatic N) is 5. The van der Waals surface area contributed by atoms with Gasteiger partial charge in [-0.2, -0.15) is 0 Å². The number of carbonyl (C=O) groups is 2. The number of benzene rings is 1. The van der Waals surface area contributed by atoms with E-state index in [0.29, 0.717) is 72.5 Å². The number of piperazine rings is 1. The predicted molar refractivity (Wildman–Crippen MR) is 177 cm³/mol. The molecule has 0 radical (unpaired) electrons. The van der Waals surface area contributed by atoms with E-state index in [1.807, 2.05) is 15.2 Å². The molecule has 4 heterocycles. The Balaban J connectivity index is 1.00. The quantitative estimate of drug-likeness (QED) is 0.343. The molecule has 3 aliphatic heterocycles. The average molecular weight is 698 g/mol. The summed E-state index contributed by atoms with van der Waals surface area (Å²) in [6, 6.07) is 4.09. The van der Waals surface area contributed by atoms with Gasteiger partial charge in [0.15, 0.2) is 10.8 Å². The van der Waals surface area contributed by atoms with E-state index in [4.69, 9.17) is 9.73 Å². The van der Waals surface area contributed by atoms with Gasteiger partial charge in [0.1, 0.15) is 11.9 Å². The van der Waals surface area contributed by atoms with Gasteiger partial charge in [-0.3, -0.25) is 9.89 Å². The van der Waals surface area contributed by atoms with Gasteiger partial charge in [-0.15, -0.1) is 11.3 Å². The average Bonchev–Trinajstić information content (AvgIpc) is 3.66. The Morgan fingerprint density at radius 1 is 1.21 bits per heavy atom. The normalized spacial score (nSPS) is 30.0. The van der Waals surface area contributed by atoms with Gasteiger partial charge in [0.25, 0.3) is 0 Å². The molecule has 2 saturated heterocycles. The topological polar surface area (TPSA) is 137 Å². The molecule has 15 heteroatoms. The summed E-state index contributed by atoms with van der Waals surface area (Å²) in [5, 5.41) is 5.68. The highest BCUT2D eigenvalue weighted by Gasteiger charge is 2.72. The van der Waals surface area contributed by atoms with Crippen molar-refractivity contribution in [3.63, 3.8) is 0 Å². The van der Waals surface area contributed by atoms with Crippen LogP contribution in [0, 0.1) is 18.2 Å². The number of nitrogens with one attached hydrogen (secondary N) is 2. The number of sulfonamides is 1. The molecule has 9 rings (SSSR count). The zero-order valence-electron chi connectivity index (χ0n) is 27.1. The van der Waals surface area contributed by atoms with Crippen molar-refractivity contribution in [3.05, 3.63) is 63.0 Å². The SMILES string of the molecule is CCOC(=O)C1=C(CN2CCN3C(=O)N(C45CC(CNS(=O)(=O)C6CC6)(C4)C5)C[C@@H]3C2)NC(c2nccs2)=N[C@H]1c1cccc(F)c1C. The molecule has 6 fully saturated rings. The summed E-state index contributed by atoms with van der Waals surface area (Å²) in [6.45, 7) is 6.89. The highest BCUT2D eigenvalue weighted by molar-refractivity contribution is 7.90. The molecule has 48 heavy (non-hydrogen) atoms. The molecule has 2 atom stereocenters. The van der Waals surface area contributed by atoms with Crippen LogP contribution in [0.5, 0.6) is 0 Å². The van der Waals surface area contributed by atoms with Crippen molar-refractivity contribution in [2.24, 2.45) is 10.4 Å². The summed E-state index contributed by atoms with van der Waals surface area (Å²) >= 11 is 1.42. The van der Waals surface area contributed by atoms with Gasteiger partial charge in [-0.05, 0) is 68.6 Å². The largest absolute Gasteiger partial charge is 0.463 e. The lowest BCUT2D eigenvalue weighted by atomic mass is 9.39. The van der Waals surface area contributed by atoms with E-state index >= 15 is 0 Å². The van der Waals surface area contributed by atoms with E-state index in [1.54, 1.807) is 32.2 Å². The molecule has 2 bridgehead atoms. The Kier molecular flexibility index (Phi) is 7.69. The van der Waals surface area contributed by atoms with Crippen LogP contribution in [0.3, 0.4) is 0 Å². The van der Waals surface area contributed by atoms with E-state index < -0.39 is 22.0 Å². The maximum Gasteiger partial charge on any atom is 0.338 e. The summed E-state index contributed by atoms with van der Waals surface area (Å²) in [7, 11) is -3.22. The van der Waals surface area contributed by atoms with E-state index in [-0.39, 0.29) is 40.7 Å². The fourth-order valence-corrected chi connectivity index (χ4v) is 10.5. The van der Waals surface area contributed by atoms with Crippen LogP contribution in [0.2, 0.25) is 0 Å². The number of aromatic nitrogens is 1. The minimum absolute atomic E-state index is 0.00631. The number of carbonyl (C=O) groups excluding carboxylic acids is 2. The van der Waals surface area contributed by atoms with Crippen molar-refractivity contribution in [2.75, 3.05) is 45.9 Å². The molecular weight excluding hydrogens is 658 g/mol. The standard InChI is InChI=1S/C33H40FN7O5S2/c1-3-46-30(42)26-25(37-28(29-35-9-12-47-29)38-27(26)23-5-4-6-24(34)20(23)2)15-39-10-11-40-21(13-39)14-41(31(40)43)33-16-32(17-33,18-33)19-36-48(44,45)22-7-8-22/h4-6,9,12,21-22,27,36H,3,7-8,10-11,13-19H2,1-2H3,(H,37,38)/t21-,27-,32?,33?/m0/s1. The van der Waals surface area contributed by atoms with Gasteiger partial charge < -0.3 is 19.9 Å². The van der Waals surface area contributed by atoms with Crippen LogP contribution in [0.15, 0.2) is 46.0 Å². The second-order valence-corrected chi connectivity index (χ2v) is 17.1.